The number of non-ortho nitro benzene ring substituents is 1. The van der Waals surface area contributed by atoms with Gasteiger partial charge in [0.25, 0.3) is 5.69 Å². The molecule has 122 valence electrons. The summed E-state index contributed by atoms with van der Waals surface area (Å²) in [4.78, 5) is 21.2. The van der Waals surface area contributed by atoms with E-state index in [0.717, 1.165) is 24.3 Å². The lowest BCUT2D eigenvalue weighted by atomic mass is 10.2. The predicted molar refractivity (Wildman–Crippen MR) is 79.5 cm³/mol. The van der Waals surface area contributed by atoms with Gasteiger partial charge in [0.15, 0.2) is 0 Å². The molecule has 0 aromatic heterocycles. The molecule has 0 heterocycles. The van der Waals surface area contributed by atoms with Crippen LogP contribution in [0.15, 0.2) is 29.2 Å². The van der Waals surface area contributed by atoms with Crippen molar-refractivity contribution in [2.75, 3.05) is 19.6 Å². The molecule has 0 aliphatic heterocycles. The van der Waals surface area contributed by atoms with Crippen molar-refractivity contribution in [3.8, 4) is 0 Å². The van der Waals surface area contributed by atoms with Crippen LogP contribution in [0.3, 0.4) is 0 Å². The average Bonchev–Trinajstić information content (AvgIpc) is 2.50. The summed E-state index contributed by atoms with van der Waals surface area (Å²) < 4.78 is 26.2. The van der Waals surface area contributed by atoms with E-state index in [0.29, 0.717) is 0 Å². The van der Waals surface area contributed by atoms with Gasteiger partial charge in [-0.05, 0) is 12.1 Å². The number of amides is 1. The first-order valence-electron chi connectivity index (χ1n) is 6.50. The Morgan fingerprint density at radius 3 is 2.41 bits per heavy atom. The topological polar surface area (TPSA) is 144 Å². The molecule has 0 saturated carbocycles. The van der Waals surface area contributed by atoms with E-state index in [4.69, 9.17) is 5.73 Å². The number of nitro groups is 1. The number of carbonyl (C=O) groups is 1. The third kappa shape index (κ3) is 5.06. The second kappa shape index (κ2) is 7.82. The van der Waals surface area contributed by atoms with Gasteiger partial charge < -0.3 is 11.1 Å². The van der Waals surface area contributed by atoms with Crippen molar-refractivity contribution < 1.29 is 18.1 Å². The summed E-state index contributed by atoms with van der Waals surface area (Å²) in [7, 11) is -3.78. The zero-order chi connectivity index (χ0) is 16.8. The van der Waals surface area contributed by atoms with Gasteiger partial charge in [-0.2, -0.15) is 0 Å². The third-order valence-corrected chi connectivity index (χ3v) is 4.35. The molecule has 22 heavy (non-hydrogen) atoms. The first-order valence-corrected chi connectivity index (χ1v) is 7.98. The van der Waals surface area contributed by atoms with Crippen LogP contribution in [0.1, 0.15) is 6.92 Å². The number of nitro benzene ring substituents is 1. The van der Waals surface area contributed by atoms with Crippen LogP contribution in [0.25, 0.3) is 0 Å². The molecule has 1 amide bonds. The van der Waals surface area contributed by atoms with E-state index in [1.54, 1.807) is 6.92 Å². The summed E-state index contributed by atoms with van der Waals surface area (Å²) in [5.41, 5.74) is 5.14. The minimum absolute atomic E-state index is 0.00233. The van der Waals surface area contributed by atoms with Crippen LogP contribution >= 0.6 is 0 Å². The fraction of sp³-hybridized carbons (Fsp3) is 0.417. The highest BCUT2D eigenvalue weighted by Gasteiger charge is 2.16. The first kappa shape index (κ1) is 18.0. The lowest BCUT2D eigenvalue weighted by molar-refractivity contribution is -0.384. The van der Waals surface area contributed by atoms with Crippen molar-refractivity contribution in [2.45, 2.75) is 11.8 Å². The molecule has 4 N–H and O–H groups in total. The predicted octanol–water partition coefficient (Wildman–Crippen LogP) is -0.416. The Bertz CT molecular complexity index is 629. The molecule has 10 heteroatoms. The summed E-state index contributed by atoms with van der Waals surface area (Å²) in [6, 6.07) is 4.52. The van der Waals surface area contributed by atoms with E-state index >= 15 is 0 Å². The Balaban J connectivity index is 2.54. The van der Waals surface area contributed by atoms with Gasteiger partial charge in [-0.25, -0.2) is 13.1 Å². The molecule has 9 nitrogen and oxygen atoms in total. The molecule has 0 bridgehead atoms. The number of nitrogens with one attached hydrogen (secondary N) is 2. The molecule has 0 fully saturated rings. The van der Waals surface area contributed by atoms with Crippen LogP contribution in [-0.4, -0.2) is 38.9 Å². The highest BCUT2D eigenvalue weighted by Crippen LogP contribution is 2.15. The highest BCUT2D eigenvalue weighted by molar-refractivity contribution is 7.89. The summed E-state index contributed by atoms with van der Waals surface area (Å²) in [5, 5.41) is 13.1. The normalized spacial score (nSPS) is 12.6. The Kier molecular flexibility index (Phi) is 6.40. The van der Waals surface area contributed by atoms with E-state index in [2.05, 4.69) is 10.0 Å². The molecular weight excluding hydrogens is 312 g/mol. The molecule has 1 aromatic carbocycles. The molecule has 0 aliphatic carbocycles. The summed E-state index contributed by atoms with van der Waals surface area (Å²) >= 11 is 0. The Morgan fingerprint density at radius 1 is 1.32 bits per heavy atom. The maximum Gasteiger partial charge on any atom is 0.269 e. The number of benzene rings is 1. The van der Waals surface area contributed by atoms with Gasteiger partial charge in [0, 0.05) is 37.7 Å². The van der Waals surface area contributed by atoms with Crippen molar-refractivity contribution in [1.82, 2.24) is 10.0 Å². The van der Waals surface area contributed by atoms with E-state index in [9.17, 15) is 23.3 Å². The second-order valence-electron chi connectivity index (χ2n) is 4.58. The number of nitrogens with zero attached hydrogens (tertiary/aromatic N) is 1. The van der Waals surface area contributed by atoms with Gasteiger partial charge >= 0.3 is 0 Å². The third-order valence-electron chi connectivity index (χ3n) is 2.88. The first-order chi connectivity index (χ1) is 10.3. The molecule has 0 radical (unpaired) electrons. The van der Waals surface area contributed by atoms with Crippen molar-refractivity contribution >= 4 is 21.6 Å². The number of nitrogens with two attached hydrogens (primary N) is 1. The molecule has 0 aliphatic rings. The van der Waals surface area contributed by atoms with Crippen LogP contribution in [0, 0.1) is 16.0 Å². The zero-order valence-corrected chi connectivity index (χ0v) is 12.8. The van der Waals surface area contributed by atoms with Crippen molar-refractivity contribution in [3.05, 3.63) is 34.4 Å². The van der Waals surface area contributed by atoms with Gasteiger partial charge in [-0.3, -0.25) is 14.9 Å². The fourth-order valence-corrected chi connectivity index (χ4v) is 2.51. The highest BCUT2D eigenvalue weighted by atomic mass is 32.2. The SMILES string of the molecule is CC(CN)C(=O)NCCNS(=O)(=O)c1ccc([N+](=O)[O-])cc1. The fourth-order valence-electron chi connectivity index (χ4n) is 1.48. The van der Waals surface area contributed by atoms with E-state index in [-0.39, 0.29) is 42.0 Å². The molecule has 1 unspecified atom stereocenters. The monoisotopic (exact) mass is 330 g/mol. The average molecular weight is 330 g/mol. The molecule has 0 spiro atoms. The van der Waals surface area contributed by atoms with E-state index < -0.39 is 14.9 Å². The number of carbonyl (C=O) groups excluding carboxylic acids is 1. The van der Waals surface area contributed by atoms with Crippen molar-refractivity contribution in [2.24, 2.45) is 11.7 Å². The minimum Gasteiger partial charge on any atom is -0.355 e. The van der Waals surface area contributed by atoms with Gasteiger partial charge in [-0.15, -0.1) is 0 Å². The second-order valence-corrected chi connectivity index (χ2v) is 6.34. The van der Waals surface area contributed by atoms with Crippen LogP contribution in [-0.2, 0) is 14.8 Å². The largest absolute Gasteiger partial charge is 0.355 e. The molecular formula is C12H18N4O5S. The molecule has 1 aromatic rings. The summed E-state index contributed by atoms with van der Waals surface area (Å²) in [5.74, 6) is -0.594. The van der Waals surface area contributed by atoms with Crippen LogP contribution in [0.5, 0.6) is 0 Å². The number of sulfonamides is 1. The van der Waals surface area contributed by atoms with E-state index in [1.165, 1.54) is 0 Å². The smallest absolute Gasteiger partial charge is 0.269 e. The van der Waals surface area contributed by atoms with E-state index in [1.807, 2.05) is 0 Å². The molecule has 1 atom stereocenters. The zero-order valence-electron chi connectivity index (χ0n) is 12.0. The van der Waals surface area contributed by atoms with Crippen LogP contribution < -0.4 is 15.8 Å². The van der Waals surface area contributed by atoms with Crippen LogP contribution in [0.4, 0.5) is 5.69 Å². The van der Waals surface area contributed by atoms with Crippen molar-refractivity contribution in [3.63, 3.8) is 0 Å². The van der Waals surface area contributed by atoms with Gasteiger partial charge in [0.1, 0.15) is 0 Å². The van der Waals surface area contributed by atoms with Crippen molar-refractivity contribution in [1.29, 1.82) is 0 Å². The summed E-state index contributed by atoms with van der Waals surface area (Å²) in [6.07, 6.45) is 0. The minimum atomic E-state index is -3.78. The maximum absolute atomic E-state index is 11.9. The number of hydrogen-bond donors (Lipinski definition) is 3. The lowest BCUT2D eigenvalue weighted by Gasteiger charge is -2.10. The standard InChI is InChI=1S/C12H18N4O5S/c1-9(8-13)12(17)14-6-7-15-22(20,21)11-4-2-10(3-5-11)16(18)19/h2-5,9,15H,6-8,13H2,1H3,(H,14,17). The van der Waals surface area contributed by atoms with Gasteiger partial charge in [0.05, 0.1) is 9.82 Å². The number of hydrogen-bond acceptors (Lipinski definition) is 6. The Hall–Kier alpha value is -2.04. The van der Waals surface area contributed by atoms with Gasteiger partial charge in [0.2, 0.25) is 15.9 Å². The summed E-state index contributed by atoms with van der Waals surface area (Å²) in [6.45, 7) is 1.99. The quantitative estimate of drug-likeness (QED) is 0.335. The Morgan fingerprint density at radius 2 is 1.91 bits per heavy atom. The molecule has 0 saturated heterocycles. The lowest BCUT2D eigenvalue weighted by Crippen LogP contribution is -2.38. The Labute approximate surface area is 128 Å². The molecule has 1 rings (SSSR count). The maximum atomic E-state index is 11.9. The van der Waals surface area contributed by atoms with Crippen LogP contribution in [0.2, 0.25) is 0 Å². The van der Waals surface area contributed by atoms with Gasteiger partial charge in [-0.1, -0.05) is 6.92 Å². The number of rotatable bonds is 8.